The molecule has 1 fully saturated rings. The first-order chi connectivity index (χ1) is 7.80. The van der Waals surface area contributed by atoms with Crippen molar-refractivity contribution in [3.8, 4) is 0 Å². The summed E-state index contributed by atoms with van der Waals surface area (Å²) >= 11 is 0. The normalized spacial score (nSPS) is 22.5. The van der Waals surface area contributed by atoms with Gasteiger partial charge in [0, 0.05) is 18.8 Å². The smallest absolute Gasteiger partial charge is 0.400 e. The Labute approximate surface area is 103 Å². The molecular formula is C12H19BN2O2. The van der Waals surface area contributed by atoms with E-state index >= 15 is 0 Å². The number of rotatable bonds is 2. The van der Waals surface area contributed by atoms with Gasteiger partial charge in [0.25, 0.3) is 0 Å². The quantitative estimate of drug-likeness (QED) is 0.735. The van der Waals surface area contributed by atoms with Crippen LogP contribution >= 0.6 is 0 Å². The van der Waals surface area contributed by atoms with Crippen molar-refractivity contribution < 1.29 is 9.31 Å². The van der Waals surface area contributed by atoms with E-state index in [1.54, 1.807) is 4.68 Å². The molecule has 92 valence electrons. The molecule has 0 aromatic carbocycles. The van der Waals surface area contributed by atoms with Crippen LogP contribution in [0.15, 0.2) is 18.4 Å². The van der Waals surface area contributed by atoms with Gasteiger partial charge in [-0.1, -0.05) is 12.1 Å². The number of hydrogen-bond acceptors (Lipinski definition) is 3. The van der Waals surface area contributed by atoms with E-state index in [0.29, 0.717) is 0 Å². The van der Waals surface area contributed by atoms with Gasteiger partial charge in [-0.25, -0.2) is 0 Å². The maximum absolute atomic E-state index is 5.86. The molecule has 1 aromatic rings. The highest BCUT2D eigenvalue weighted by Gasteiger charge is 2.49. The summed E-state index contributed by atoms with van der Waals surface area (Å²) < 4.78 is 13.5. The molecule has 0 unspecified atom stereocenters. The molecule has 0 amide bonds. The predicted octanol–water partition coefficient (Wildman–Crippen LogP) is 2.06. The van der Waals surface area contributed by atoms with Crippen molar-refractivity contribution in [2.75, 3.05) is 0 Å². The largest absolute Gasteiger partial charge is 0.487 e. The topological polar surface area (TPSA) is 36.3 Å². The minimum atomic E-state index is -0.291. The van der Waals surface area contributed by atoms with E-state index in [9.17, 15) is 0 Å². The number of nitrogens with zero attached hydrogens (tertiary/aromatic N) is 2. The van der Waals surface area contributed by atoms with Gasteiger partial charge in [-0.05, 0) is 27.7 Å². The zero-order valence-corrected chi connectivity index (χ0v) is 11.1. The third kappa shape index (κ3) is 2.45. The van der Waals surface area contributed by atoms with Gasteiger partial charge in [-0.2, -0.15) is 5.10 Å². The van der Waals surface area contributed by atoms with Crippen molar-refractivity contribution in [2.24, 2.45) is 7.05 Å². The fraction of sp³-hybridized carbons (Fsp3) is 0.583. The molecule has 1 aliphatic heterocycles. The summed E-state index contributed by atoms with van der Waals surface area (Å²) in [7, 11) is 1.60. The lowest BCUT2D eigenvalue weighted by Crippen LogP contribution is -2.41. The fourth-order valence-corrected chi connectivity index (χ4v) is 1.68. The molecule has 0 atom stereocenters. The number of aryl methyl sites for hydroxylation is 1. The summed E-state index contributed by atoms with van der Waals surface area (Å²) in [5.41, 5.74) is 0.482. The van der Waals surface area contributed by atoms with Crippen molar-refractivity contribution in [1.29, 1.82) is 0 Å². The Morgan fingerprint density at radius 1 is 1.24 bits per heavy atom. The molecule has 2 rings (SSSR count). The lowest BCUT2D eigenvalue weighted by molar-refractivity contribution is 0.00578. The molecule has 1 saturated heterocycles. The molecule has 17 heavy (non-hydrogen) atoms. The second kappa shape index (κ2) is 4.00. The summed E-state index contributed by atoms with van der Waals surface area (Å²) in [6.45, 7) is 8.19. The Hall–Kier alpha value is -1.07. The Morgan fingerprint density at radius 3 is 2.29 bits per heavy atom. The van der Waals surface area contributed by atoms with Crippen LogP contribution in [0.25, 0.3) is 6.08 Å². The molecule has 5 heteroatoms. The monoisotopic (exact) mass is 234 g/mol. The SMILES string of the molecule is Cn1cc(C=CB2OC(C)(C)C(C)(C)O2)cn1. The summed E-state index contributed by atoms with van der Waals surface area (Å²) in [4.78, 5) is 0. The van der Waals surface area contributed by atoms with E-state index in [0.717, 1.165) is 5.56 Å². The third-order valence-corrected chi connectivity index (χ3v) is 3.44. The first-order valence-corrected chi connectivity index (χ1v) is 5.83. The van der Waals surface area contributed by atoms with E-state index < -0.39 is 0 Å². The van der Waals surface area contributed by atoms with Crippen LogP contribution in [0.3, 0.4) is 0 Å². The molecular weight excluding hydrogens is 215 g/mol. The Kier molecular flexibility index (Phi) is 2.91. The predicted molar refractivity (Wildman–Crippen MR) is 68.3 cm³/mol. The Bertz CT molecular complexity index is 421. The molecule has 0 N–H and O–H groups in total. The Balaban J connectivity index is 2.05. The molecule has 1 aromatic heterocycles. The van der Waals surface area contributed by atoms with Gasteiger partial charge in [0.1, 0.15) is 0 Å². The highest BCUT2D eigenvalue weighted by atomic mass is 16.7. The molecule has 4 nitrogen and oxygen atoms in total. The zero-order chi connectivity index (χ0) is 12.7. The summed E-state index contributed by atoms with van der Waals surface area (Å²) in [6.07, 6.45) is 5.72. The van der Waals surface area contributed by atoms with Gasteiger partial charge < -0.3 is 9.31 Å². The molecule has 2 heterocycles. The first-order valence-electron chi connectivity index (χ1n) is 5.83. The summed E-state index contributed by atoms with van der Waals surface area (Å²) in [5.74, 6) is 1.92. The van der Waals surface area contributed by atoms with E-state index in [1.807, 2.05) is 59.2 Å². The number of aromatic nitrogens is 2. The van der Waals surface area contributed by atoms with Crippen molar-refractivity contribution in [2.45, 2.75) is 38.9 Å². The van der Waals surface area contributed by atoms with Crippen LogP contribution in [0.5, 0.6) is 0 Å². The highest BCUT2D eigenvalue weighted by Crippen LogP contribution is 2.36. The van der Waals surface area contributed by atoms with E-state index in [4.69, 9.17) is 9.31 Å². The van der Waals surface area contributed by atoms with Crippen LogP contribution < -0.4 is 0 Å². The van der Waals surface area contributed by atoms with Gasteiger partial charge in [-0.3, -0.25) is 4.68 Å². The van der Waals surface area contributed by atoms with Crippen LogP contribution in [0.4, 0.5) is 0 Å². The number of hydrogen-bond donors (Lipinski definition) is 0. The summed E-state index contributed by atoms with van der Waals surface area (Å²) in [5, 5.41) is 4.10. The average Bonchev–Trinajstić information content (AvgIpc) is 2.67. The van der Waals surface area contributed by atoms with Gasteiger partial charge in [0.2, 0.25) is 0 Å². The lowest BCUT2D eigenvalue weighted by atomic mass is 9.89. The zero-order valence-electron chi connectivity index (χ0n) is 11.1. The van der Waals surface area contributed by atoms with Crippen LogP contribution in [0.2, 0.25) is 0 Å². The maximum Gasteiger partial charge on any atom is 0.487 e. The molecule has 0 radical (unpaired) electrons. The van der Waals surface area contributed by atoms with E-state index in [2.05, 4.69) is 5.10 Å². The second-order valence-electron chi connectivity index (χ2n) is 5.43. The second-order valence-corrected chi connectivity index (χ2v) is 5.43. The van der Waals surface area contributed by atoms with Crippen molar-refractivity contribution in [3.05, 3.63) is 23.9 Å². The van der Waals surface area contributed by atoms with Gasteiger partial charge >= 0.3 is 7.12 Å². The molecule has 0 saturated carbocycles. The molecule has 0 bridgehead atoms. The molecule has 0 aliphatic carbocycles. The van der Waals surface area contributed by atoms with Crippen molar-refractivity contribution in [3.63, 3.8) is 0 Å². The fourth-order valence-electron chi connectivity index (χ4n) is 1.68. The first kappa shape index (κ1) is 12.4. The lowest BCUT2D eigenvalue weighted by Gasteiger charge is -2.32. The Morgan fingerprint density at radius 2 is 1.82 bits per heavy atom. The van der Waals surface area contributed by atoms with Crippen LogP contribution in [-0.4, -0.2) is 28.1 Å². The third-order valence-electron chi connectivity index (χ3n) is 3.44. The molecule has 1 aliphatic rings. The maximum atomic E-state index is 5.86. The van der Waals surface area contributed by atoms with Crippen LogP contribution in [0, 0.1) is 0 Å². The van der Waals surface area contributed by atoms with Crippen LogP contribution in [-0.2, 0) is 16.4 Å². The minimum Gasteiger partial charge on any atom is -0.400 e. The van der Waals surface area contributed by atoms with Gasteiger partial charge in [0.05, 0.1) is 17.4 Å². The van der Waals surface area contributed by atoms with Crippen molar-refractivity contribution >= 4 is 13.2 Å². The van der Waals surface area contributed by atoms with E-state index in [-0.39, 0.29) is 18.3 Å². The minimum absolute atomic E-state index is 0.281. The van der Waals surface area contributed by atoms with E-state index in [1.165, 1.54) is 0 Å². The van der Waals surface area contributed by atoms with Gasteiger partial charge in [-0.15, -0.1) is 0 Å². The highest BCUT2D eigenvalue weighted by molar-refractivity contribution is 6.52. The average molecular weight is 234 g/mol. The molecule has 0 spiro atoms. The standard InChI is InChI=1S/C12H19BN2O2/c1-11(2)12(3,4)17-13(16-11)7-6-10-8-14-15(5)9-10/h6-9H,1-5H3. The summed E-state index contributed by atoms with van der Waals surface area (Å²) in [6, 6.07) is 0. The van der Waals surface area contributed by atoms with Crippen LogP contribution in [0.1, 0.15) is 33.3 Å². The van der Waals surface area contributed by atoms with Crippen molar-refractivity contribution in [1.82, 2.24) is 9.78 Å². The van der Waals surface area contributed by atoms with Gasteiger partial charge in [0.15, 0.2) is 0 Å².